The predicted molar refractivity (Wildman–Crippen MR) is 80.2 cm³/mol. The summed E-state index contributed by atoms with van der Waals surface area (Å²) in [4.78, 5) is 0.536. The predicted octanol–water partition coefficient (Wildman–Crippen LogP) is 3.60. The van der Waals surface area contributed by atoms with Crippen LogP contribution in [0.1, 0.15) is 4.88 Å². The Balaban J connectivity index is 2.38. The van der Waals surface area contributed by atoms with Gasteiger partial charge in [0.25, 0.3) is 10.0 Å². The van der Waals surface area contributed by atoms with Crippen molar-refractivity contribution >= 4 is 54.6 Å². The van der Waals surface area contributed by atoms with E-state index in [-0.39, 0.29) is 26.7 Å². The quantitative estimate of drug-likeness (QED) is 0.824. The second-order valence-electron chi connectivity index (χ2n) is 3.76. The van der Waals surface area contributed by atoms with Crippen LogP contribution in [0.4, 0.5) is 10.1 Å². The first-order chi connectivity index (χ1) is 9.33. The van der Waals surface area contributed by atoms with Crippen LogP contribution in [0.3, 0.4) is 0 Å². The minimum atomic E-state index is -3.85. The van der Waals surface area contributed by atoms with Gasteiger partial charge in [-0.1, -0.05) is 11.6 Å². The van der Waals surface area contributed by atoms with Gasteiger partial charge in [-0.25, -0.2) is 12.8 Å². The third-order valence-electron chi connectivity index (χ3n) is 2.34. The van der Waals surface area contributed by atoms with E-state index in [9.17, 15) is 12.8 Å². The number of rotatable bonds is 4. The van der Waals surface area contributed by atoms with Crippen molar-refractivity contribution in [2.24, 2.45) is 0 Å². The van der Waals surface area contributed by atoms with Crippen molar-refractivity contribution in [2.45, 2.75) is 11.5 Å². The van der Waals surface area contributed by atoms with Gasteiger partial charge in [0.1, 0.15) is 5.82 Å². The van der Waals surface area contributed by atoms with E-state index in [0.717, 1.165) is 23.5 Å². The van der Waals surface area contributed by atoms with Gasteiger partial charge in [-0.15, -0.1) is 11.3 Å². The van der Waals surface area contributed by atoms with Crippen LogP contribution in [0.25, 0.3) is 0 Å². The van der Waals surface area contributed by atoms with E-state index in [2.05, 4.69) is 20.7 Å². The van der Waals surface area contributed by atoms with Crippen LogP contribution in [-0.2, 0) is 16.6 Å². The van der Waals surface area contributed by atoms with E-state index in [0.29, 0.717) is 4.88 Å². The summed E-state index contributed by atoms with van der Waals surface area (Å²) >= 11 is 10.0. The van der Waals surface area contributed by atoms with Crippen LogP contribution >= 0.6 is 38.9 Å². The molecular formula is C11H8BrClFNO3S2. The smallest absolute Gasteiger partial charge is 0.262 e. The van der Waals surface area contributed by atoms with Crippen LogP contribution in [0.5, 0.6) is 0 Å². The number of halogens is 3. The summed E-state index contributed by atoms with van der Waals surface area (Å²) in [6.45, 7) is -0.235. The summed E-state index contributed by atoms with van der Waals surface area (Å²) in [5.74, 6) is -0.581. The summed E-state index contributed by atoms with van der Waals surface area (Å²) < 4.78 is 39.9. The van der Waals surface area contributed by atoms with Crippen LogP contribution in [0.2, 0.25) is 5.02 Å². The SMILES string of the molecule is O=S(=O)(Nc1c(Cl)cc(F)cc1Br)c1csc(CO)c1. The second kappa shape index (κ2) is 5.98. The van der Waals surface area contributed by atoms with Gasteiger partial charge in [-0.2, -0.15) is 0 Å². The third kappa shape index (κ3) is 3.32. The molecular weight excluding hydrogens is 393 g/mol. The monoisotopic (exact) mass is 399 g/mol. The standard InChI is InChI=1S/C11H8BrClFNO3S2/c12-9-1-6(14)2-10(13)11(9)15-20(17,18)8-3-7(4-16)19-5-8/h1-3,5,15-16H,4H2. The van der Waals surface area contributed by atoms with Crippen molar-refractivity contribution in [1.82, 2.24) is 0 Å². The fourth-order valence-corrected chi connectivity index (χ4v) is 4.74. The van der Waals surface area contributed by atoms with Crippen molar-refractivity contribution in [3.63, 3.8) is 0 Å². The maximum Gasteiger partial charge on any atom is 0.262 e. The molecule has 0 amide bonds. The lowest BCUT2D eigenvalue weighted by Crippen LogP contribution is -2.13. The highest BCUT2D eigenvalue weighted by Crippen LogP contribution is 2.34. The van der Waals surface area contributed by atoms with Gasteiger partial charge < -0.3 is 5.11 Å². The molecule has 108 valence electrons. The highest BCUT2D eigenvalue weighted by molar-refractivity contribution is 9.10. The summed E-state index contributed by atoms with van der Waals surface area (Å²) in [6, 6.07) is 3.48. The number of anilines is 1. The molecule has 4 nitrogen and oxygen atoms in total. The summed E-state index contributed by atoms with van der Waals surface area (Å²) in [7, 11) is -3.85. The number of hydrogen-bond acceptors (Lipinski definition) is 4. The van der Waals surface area contributed by atoms with Gasteiger partial charge in [0, 0.05) is 14.7 Å². The van der Waals surface area contributed by atoms with Gasteiger partial charge in [0.2, 0.25) is 0 Å². The molecule has 1 heterocycles. The highest BCUT2D eigenvalue weighted by atomic mass is 79.9. The number of thiophene rings is 1. The van der Waals surface area contributed by atoms with Crippen LogP contribution in [0.15, 0.2) is 32.9 Å². The minimum Gasteiger partial charge on any atom is -0.391 e. The largest absolute Gasteiger partial charge is 0.391 e. The molecule has 0 spiro atoms. The van der Waals surface area contributed by atoms with Gasteiger partial charge in [-0.05, 0) is 34.1 Å². The van der Waals surface area contributed by atoms with Crippen molar-refractivity contribution in [3.05, 3.63) is 43.8 Å². The van der Waals surface area contributed by atoms with Crippen LogP contribution < -0.4 is 4.72 Å². The first-order valence-electron chi connectivity index (χ1n) is 5.19. The Morgan fingerprint density at radius 2 is 2.10 bits per heavy atom. The summed E-state index contributed by atoms with van der Waals surface area (Å²) in [5.41, 5.74) is 0.0600. The van der Waals surface area contributed by atoms with Gasteiger partial charge in [0.15, 0.2) is 0 Å². The van der Waals surface area contributed by atoms with E-state index in [1.165, 1.54) is 11.4 Å². The maximum atomic E-state index is 13.1. The number of aliphatic hydroxyl groups is 1. The number of sulfonamides is 1. The molecule has 1 aromatic heterocycles. The fraction of sp³-hybridized carbons (Fsp3) is 0.0909. The lowest BCUT2D eigenvalue weighted by atomic mass is 10.3. The van der Waals surface area contributed by atoms with Crippen molar-refractivity contribution < 1.29 is 17.9 Å². The minimum absolute atomic E-state index is 0.0128. The van der Waals surface area contributed by atoms with Crippen molar-refractivity contribution in [3.8, 4) is 0 Å². The molecule has 0 radical (unpaired) electrons. The van der Waals surface area contributed by atoms with Gasteiger partial charge in [0.05, 0.1) is 22.2 Å². The molecule has 1 aromatic carbocycles. The number of benzene rings is 1. The average molecular weight is 401 g/mol. The molecule has 0 saturated heterocycles. The molecule has 0 aliphatic heterocycles. The summed E-state index contributed by atoms with van der Waals surface area (Å²) in [6.07, 6.45) is 0. The van der Waals surface area contributed by atoms with Crippen molar-refractivity contribution in [1.29, 1.82) is 0 Å². The molecule has 0 atom stereocenters. The fourth-order valence-electron chi connectivity index (χ4n) is 1.42. The van der Waals surface area contributed by atoms with Gasteiger partial charge in [-0.3, -0.25) is 4.72 Å². The van der Waals surface area contributed by atoms with Crippen LogP contribution in [-0.4, -0.2) is 13.5 Å². The van der Waals surface area contributed by atoms with E-state index in [4.69, 9.17) is 16.7 Å². The van der Waals surface area contributed by atoms with E-state index < -0.39 is 15.8 Å². The molecule has 2 rings (SSSR count). The topological polar surface area (TPSA) is 66.4 Å². The molecule has 2 N–H and O–H groups in total. The Bertz CT molecular complexity index is 725. The Morgan fingerprint density at radius 3 is 2.65 bits per heavy atom. The zero-order valence-corrected chi connectivity index (χ0v) is 13.7. The highest BCUT2D eigenvalue weighted by Gasteiger charge is 2.19. The molecule has 0 saturated carbocycles. The zero-order chi connectivity index (χ0) is 14.9. The Kier molecular flexibility index (Phi) is 4.70. The Hall–Kier alpha value is -0.670. The molecule has 2 aromatic rings. The third-order valence-corrected chi connectivity index (χ3v) is 5.66. The lowest BCUT2D eigenvalue weighted by molar-refractivity contribution is 0.285. The molecule has 20 heavy (non-hydrogen) atoms. The first kappa shape index (κ1) is 15.7. The molecule has 9 heteroatoms. The molecule has 0 bridgehead atoms. The lowest BCUT2D eigenvalue weighted by Gasteiger charge is -2.10. The Morgan fingerprint density at radius 1 is 1.40 bits per heavy atom. The Labute approximate surface area is 132 Å². The molecule has 0 aliphatic rings. The second-order valence-corrected chi connectivity index (χ2v) is 7.70. The van der Waals surface area contributed by atoms with E-state index >= 15 is 0 Å². The molecule has 0 aliphatic carbocycles. The number of aliphatic hydroxyl groups excluding tert-OH is 1. The number of hydrogen-bond donors (Lipinski definition) is 2. The zero-order valence-electron chi connectivity index (χ0n) is 9.73. The van der Waals surface area contributed by atoms with E-state index in [1.807, 2.05) is 0 Å². The van der Waals surface area contributed by atoms with Gasteiger partial charge >= 0.3 is 0 Å². The molecule has 0 fully saturated rings. The molecule has 0 unspecified atom stereocenters. The maximum absolute atomic E-state index is 13.1. The van der Waals surface area contributed by atoms with E-state index in [1.54, 1.807) is 0 Å². The number of nitrogens with one attached hydrogen (secondary N) is 1. The summed E-state index contributed by atoms with van der Waals surface area (Å²) in [5, 5.41) is 10.3. The average Bonchev–Trinajstić information content (AvgIpc) is 2.83. The normalized spacial score (nSPS) is 11.6. The van der Waals surface area contributed by atoms with Crippen LogP contribution in [0, 0.1) is 5.82 Å². The van der Waals surface area contributed by atoms with Crippen molar-refractivity contribution in [2.75, 3.05) is 4.72 Å². The first-order valence-corrected chi connectivity index (χ1v) is 8.72.